The van der Waals surface area contributed by atoms with Gasteiger partial charge >= 0.3 is 0 Å². The van der Waals surface area contributed by atoms with E-state index in [9.17, 15) is 14.0 Å². The van der Waals surface area contributed by atoms with E-state index in [1.807, 2.05) is 17.5 Å². The highest BCUT2D eigenvalue weighted by Crippen LogP contribution is 2.27. The summed E-state index contributed by atoms with van der Waals surface area (Å²) in [6.07, 6.45) is 0. The first kappa shape index (κ1) is 19.5. The number of benzene rings is 2. The molecule has 4 rings (SSSR count). The largest absolute Gasteiger partial charge is 0.451 e. The average Bonchev–Trinajstić information content (AvgIpc) is 3.39. The number of hydrogen-bond donors (Lipinski definition) is 2. The van der Waals surface area contributed by atoms with Gasteiger partial charge in [-0.15, -0.1) is 11.3 Å². The second-order valence-electron chi connectivity index (χ2n) is 6.42. The number of aromatic nitrogens is 1. The summed E-state index contributed by atoms with van der Waals surface area (Å²) in [5, 5.41) is 7.68. The van der Waals surface area contributed by atoms with Crippen molar-refractivity contribution in [1.82, 2.24) is 4.98 Å². The average molecular weight is 421 g/mol. The van der Waals surface area contributed by atoms with Gasteiger partial charge in [-0.1, -0.05) is 12.1 Å². The third kappa shape index (κ3) is 4.44. The molecule has 2 aromatic carbocycles. The fraction of sp³-hybridized carbons (Fsp3) is 0.0455. The fourth-order valence-corrected chi connectivity index (χ4v) is 3.49. The van der Waals surface area contributed by atoms with E-state index in [0.717, 1.165) is 5.56 Å². The molecule has 0 radical (unpaired) electrons. The van der Waals surface area contributed by atoms with Gasteiger partial charge in [-0.25, -0.2) is 9.37 Å². The van der Waals surface area contributed by atoms with Crippen molar-refractivity contribution in [2.75, 3.05) is 10.6 Å². The molecule has 0 unspecified atom stereocenters. The molecule has 150 valence electrons. The first-order valence-electron chi connectivity index (χ1n) is 8.98. The summed E-state index contributed by atoms with van der Waals surface area (Å²) in [6, 6.07) is 16.3. The van der Waals surface area contributed by atoms with Crippen LogP contribution in [-0.2, 0) is 4.79 Å². The van der Waals surface area contributed by atoms with Crippen molar-refractivity contribution in [3.63, 3.8) is 0 Å². The van der Waals surface area contributed by atoms with Crippen molar-refractivity contribution in [3.8, 4) is 22.6 Å². The lowest BCUT2D eigenvalue weighted by molar-refractivity contribution is -0.114. The van der Waals surface area contributed by atoms with E-state index in [2.05, 4.69) is 15.6 Å². The molecular weight excluding hydrogens is 405 g/mol. The lowest BCUT2D eigenvalue weighted by Crippen LogP contribution is -2.10. The highest BCUT2D eigenvalue weighted by Gasteiger charge is 2.15. The molecular formula is C22H16FN3O3S. The number of thiazole rings is 1. The first-order valence-corrected chi connectivity index (χ1v) is 9.86. The molecule has 2 aromatic heterocycles. The van der Waals surface area contributed by atoms with Gasteiger partial charge in [0.05, 0.1) is 5.69 Å². The topological polar surface area (TPSA) is 84.2 Å². The number of furan rings is 1. The highest BCUT2D eigenvalue weighted by atomic mass is 32.1. The second-order valence-corrected chi connectivity index (χ2v) is 7.28. The number of carbonyl (C=O) groups excluding carboxylic acids is 2. The molecule has 4 aromatic rings. The number of amides is 2. The first-order chi connectivity index (χ1) is 14.5. The molecule has 2 N–H and O–H groups in total. The van der Waals surface area contributed by atoms with Gasteiger partial charge in [0.2, 0.25) is 5.91 Å². The highest BCUT2D eigenvalue weighted by molar-refractivity contribution is 7.14. The van der Waals surface area contributed by atoms with Crippen molar-refractivity contribution >= 4 is 34.0 Å². The van der Waals surface area contributed by atoms with E-state index >= 15 is 0 Å². The molecule has 30 heavy (non-hydrogen) atoms. The zero-order valence-electron chi connectivity index (χ0n) is 15.8. The van der Waals surface area contributed by atoms with Crippen molar-refractivity contribution in [2.24, 2.45) is 0 Å². The Labute approximate surface area is 175 Å². The SMILES string of the molecule is CC(=O)Nc1ccc(-c2csc(NC(=O)c3ccc(-c4ccc(F)cc4)o3)n2)cc1. The molecule has 0 atom stereocenters. The van der Waals surface area contributed by atoms with Crippen molar-refractivity contribution in [2.45, 2.75) is 6.92 Å². The number of nitrogens with zero attached hydrogens (tertiary/aromatic N) is 1. The van der Waals surface area contributed by atoms with E-state index < -0.39 is 5.91 Å². The van der Waals surface area contributed by atoms with E-state index in [1.54, 1.807) is 36.4 Å². The van der Waals surface area contributed by atoms with Crippen LogP contribution in [0, 0.1) is 5.82 Å². The van der Waals surface area contributed by atoms with Crippen LogP contribution in [0.15, 0.2) is 70.5 Å². The van der Waals surface area contributed by atoms with Gasteiger partial charge in [-0.2, -0.15) is 0 Å². The summed E-state index contributed by atoms with van der Waals surface area (Å²) in [6.45, 7) is 1.45. The zero-order valence-corrected chi connectivity index (χ0v) is 16.6. The Bertz CT molecular complexity index is 1200. The van der Waals surface area contributed by atoms with Crippen LogP contribution in [0.4, 0.5) is 15.2 Å². The van der Waals surface area contributed by atoms with Crippen molar-refractivity contribution in [1.29, 1.82) is 0 Å². The summed E-state index contributed by atoms with van der Waals surface area (Å²) < 4.78 is 18.6. The van der Waals surface area contributed by atoms with Gasteiger partial charge in [-0.3, -0.25) is 14.9 Å². The Kier molecular flexibility index (Phi) is 5.40. The van der Waals surface area contributed by atoms with Crippen LogP contribution in [0.2, 0.25) is 0 Å². The molecule has 0 fully saturated rings. The third-order valence-corrected chi connectivity index (χ3v) is 4.94. The minimum Gasteiger partial charge on any atom is -0.451 e. The van der Waals surface area contributed by atoms with Gasteiger partial charge in [0.1, 0.15) is 11.6 Å². The van der Waals surface area contributed by atoms with Crippen LogP contribution in [0.1, 0.15) is 17.5 Å². The fourth-order valence-electron chi connectivity index (χ4n) is 2.78. The maximum atomic E-state index is 13.1. The number of halogens is 1. The molecule has 0 aliphatic heterocycles. The van der Waals surface area contributed by atoms with Gasteiger partial charge in [0.15, 0.2) is 10.9 Å². The van der Waals surface area contributed by atoms with E-state index in [-0.39, 0.29) is 17.5 Å². The summed E-state index contributed by atoms with van der Waals surface area (Å²) in [4.78, 5) is 28.0. The Balaban J connectivity index is 1.44. The predicted octanol–water partition coefficient (Wildman–Crippen LogP) is 5.42. The molecule has 0 spiro atoms. The Morgan fingerprint density at radius 1 is 0.933 bits per heavy atom. The van der Waals surface area contributed by atoms with E-state index in [4.69, 9.17) is 4.42 Å². The van der Waals surface area contributed by atoms with Gasteiger partial charge < -0.3 is 9.73 Å². The van der Waals surface area contributed by atoms with Crippen LogP contribution in [-0.4, -0.2) is 16.8 Å². The number of rotatable bonds is 5. The Morgan fingerprint density at radius 2 is 1.63 bits per heavy atom. The lowest BCUT2D eigenvalue weighted by Gasteiger charge is -2.02. The predicted molar refractivity (Wildman–Crippen MR) is 114 cm³/mol. The van der Waals surface area contributed by atoms with Gasteiger partial charge in [0, 0.05) is 29.1 Å². The van der Waals surface area contributed by atoms with Crippen molar-refractivity contribution < 1.29 is 18.4 Å². The molecule has 8 heteroatoms. The molecule has 2 amide bonds. The second kappa shape index (κ2) is 8.30. The molecule has 0 aliphatic rings. The summed E-state index contributed by atoms with van der Waals surface area (Å²) in [7, 11) is 0. The minimum absolute atomic E-state index is 0.130. The Morgan fingerprint density at radius 3 is 2.33 bits per heavy atom. The maximum Gasteiger partial charge on any atom is 0.293 e. The van der Waals surface area contributed by atoms with Crippen LogP contribution in [0.25, 0.3) is 22.6 Å². The molecule has 0 saturated carbocycles. The lowest BCUT2D eigenvalue weighted by atomic mass is 10.1. The summed E-state index contributed by atoms with van der Waals surface area (Å²) >= 11 is 1.29. The standard InChI is InChI=1S/C22H16FN3O3S/c1-13(27)24-17-8-4-14(5-9-17)18-12-30-22(25-18)26-21(28)20-11-10-19(29-20)15-2-6-16(23)7-3-15/h2-12H,1H3,(H,24,27)(H,25,26,28). The van der Waals surface area contributed by atoms with Crippen LogP contribution >= 0.6 is 11.3 Å². The molecule has 2 heterocycles. The normalized spacial score (nSPS) is 10.6. The minimum atomic E-state index is -0.426. The number of nitrogens with one attached hydrogen (secondary N) is 2. The number of hydrogen-bond acceptors (Lipinski definition) is 5. The summed E-state index contributed by atoms with van der Waals surface area (Å²) in [5.74, 6) is -0.301. The van der Waals surface area contributed by atoms with Crippen LogP contribution < -0.4 is 10.6 Å². The van der Waals surface area contributed by atoms with Gasteiger partial charge in [-0.05, 0) is 48.5 Å². The van der Waals surface area contributed by atoms with Crippen LogP contribution in [0.5, 0.6) is 0 Å². The van der Waals surface area contributed by atoms with E-state index in [1.165, 1.54) is 30.4 Å². The quantitative estimate of drug-likeness (QED) is 0.451. The maximum absolute atomic E-state index is 13.1. The molecule has 6 nitrogen and oxygen atoms in total. The van der Waals surface area contributed by atoms with E-state index in [0.29, 0.717) is 27.8 Å². The number of anilines is 2. The molecule has 0 saturated heterocycles. The molecule has 0 bridgehead atoms. The number of carbonyl (C=O) groups is 2. The summed E-state index contributed by atoms with van der Waals surface area (Å²) in [5.41, 5.74) is 2.94. The zero-order chi connectivity index (χ0) is 21.1. The monoisotopic (exact) mass is 421 g/mol. The van der Waals surface area contributed by atoms with Crippen molar-refractivity contribution in [3.05, 3.63) is 77.6 Å². The Hall–Kier alpha value is -3.78. The third-order valence-electron chi connectivity index (χ3n) is 4.18. The smallest absolute Gasteiger partial charge is 0.293 e. The van der Waals surface area contributed by atoms with Gasteiger partial charge in [0.25, 0.3) is 5.91 Å². The molecule has 0 aliphatic carbocycles. The van der Waals surface area contributed by atoms with Crippen LogP contribution in [0.3, 0.4) is 0 Å².